The van der Waals surface area contributed by atoms with Gasteiger partial charge in [0.05, 0.1) is 5.69 Å². The summed E-state index contributed by atoms with van der Waals surface area (Å²) in [5, 5.41) is 0. The summed E-state index contributed by atoms with van der Waals surface area (Å²) >= 11 is 3.31. The second-order valence-electron chi connectivity index (χ2n) is 7.74. The van der Waals surface area contributed by atoms with Crippen molar-refractivity contribution in [3.63, 3.8) is 0 Å². The summed E-state index contributed by atoms with van der Waals surface area (Å²) in [6.45, 7) is 4.89. The van der Waals surface area contributed by atoms with Gasteiger partial charge in [-0.05, 0) is 44.5 Å². The van der Waals surface area contributed by atoms with E-state index in [0.717, 1.165) is 10.0 Å². The first kappa shape index (κ1) is 21.0. The number of hydrogen-bond acceptors (Lipinski definition) is 5. The first-order chi connectivity index (χ1) is 13.7. The van der Waals surface area contributed by atoms with Crippen LogP contribution in [0.3, 0.4) is 0 Å². The van der Waals surface area contributed by atoms with Crippen LogP contribution in [0.1, 0.15) is 36.7 Å². The first-order valence-corrected chi connectivity index (χ1v) is 10.0. The van der Waals surface area contributed by atoms with Gasteiger partial charge in [0.1, 0.15) is 11.6 Å². The minimum Gasteiger partial charge on any atom is -0.456 e. The van der Waals surface area contributed by atoms with E-state index in [4.69, 9.17) is 9.47 Å². The molecule has 1 aliphatic rings. The van der Waals surface area contributed by atoms with Gasteiger partial charge in [-0.2, -0.15) is 0 Å². The van der Waals surface area contributed by atoms with Gasteiger partial charge in [-0.15, -0.1) is 0 Å². The summed E-state index contributed by atoms with van der Waals surface area (Å²) in [5.41, 5.74) is 1.20. The fourth-order valence-electron chi connectivity index (χ4n) is 3.06. The molecule has 1 heterocycles. The number of benzene rings is 2. The molecule has 3 rings (SSSR count). The van der Waals surface area contributed by atoms with Crippen LogP contribution in [0, 0.1) is 0 Å². The minimum absolute atomic E-state index is 0.306. The molecule has 0 fully saturated rings. The summed E-state index contributed by atoms with van der Waals surface area (Å²) in [7, 11) is 0. The second-order valence-corrected chi connectivity index (χ2v) is 8.65. The van der Waals surface area contributed by atoms with Crippen LogP contribution in [0.5, 0.6) is 0 Å². The standard InChI is InChI=1S/C22H22BrNO5/c1-22(2,3)29-21(27)24-17-7-5-4-6-15(17)12-18(24)20(26)28-13-19(25)14-8-10-16(23)11-9-14/h4-11,18H,12-13H2,1-3H3. The number of carbonyl (C=O) groups excluding carboxylic acids is 3. The molecular formula is C22H22BrNO5. The molecule has 0 N–H and O–H groups in total. The maximum atomic E-state index is 12.8. The van der Waals surface area contributed by atoms with E-state index in [9.17, 15) is 14.4 Å². The van der Waals surface area contributed by atoms with Crippen molar-refractivity contribution in [1.82, 2.24) is 0 Å². The Morgan fingerprint density at radius 2 is 1.72 bits per heavy atom. The van der Waals surface area contributed by atoms with Crippen LogP contribution < -0.4 is 4.90 Å². The topological polar surface area (TPSA) is 72.9 Å². The van der Waals surface area contributed by atoms with Crippen LogP contribution in [0.25, 0.3) is 0 Å². The number of esters is 1. The molecule has 1 atom stereocenters. The average Bonchev–Trinajstić information content (AvgIpc) is 3.05. The predicted octanol–water partition coefficient (Wildman–Crippen LogP) is 4.54. The summed E-state index contributed by atoms with van der Waals surface area (Å²) in [5.74, 6) is -0.956. The van der Waals surface area contributed by atoms with E-state index >= 15 is 0 Å². The molecule has 7 heteroatoms. The van der Waals surface area contributed by atoms with Crippen molar-refractivity contribution in [2.75, 3.05) is 11.5 Å². The maximum Gasteiger partial charge on any atom is 0.415 e. The molecule has 6 nitrogen and oxygen atoms in total. The van der Waals surface area contributed by atoms with Crippen molar-refractivity contribution in [2.45, 2.75) is 38.8 Å². The molecule has 2 aromatic carbocycles. The van der Waals surface area contributed by atoms with E-state index in [-0.39, 0.29) is 5.78 Å². The largest absolute Gasteiger partial charge is 0.456 e. The van der Waals surface area contributed by atoms with Gasteiger partial charge in [0.2, 0.25) is 0 Å². The molecule has 1 amide bonds. The summed E-state index contributed by atoms with van der Waals surface area (Å²) in [6.07, 6.45) is -0.315. The third-order valence-corrected chi connectivity index (χ3v) is 4.88. The zero-order valence-electron chi connectivity index (χ0n) is 16.5. The van der Waals surface area contributed by atoms with Crippen LogP contribution in [0.15, 0.2) is 53.0 Å². The highest BCUT2D eigenvalue weighted by Crippen LogP contribution is 2.34. The molecule has 0 aromatic heterocycles. The minimum atomic E-state index is -0.875. The van der Waals surface area contributed by atoms with Gasteiger partial charge in [-0.1, -0.05) is 46.3 Å². The Morgan fingerprint density at radius 1 is 1.07 bits per heavy atom. The van der Waals surface area contributed by atoms with E-state index in [1.54, 1.807) is 57.2 Å². The Bertz CT molecular complexity index is 933. The van der Waals surface area contributed by atoms with Gasteiger partial charge in [0, 0.05) is 16.5 Å². The van der Waals surface area contributed by atoms with E-state index in [0.29, 0.717) is 17.7 Å². The lowest BCUT2D eigenvalue weighted by Crippen LogP contribution is -2.46. The molecule has 1 aliphatic heterocycles. The van der Waals surface area contributed by atoms with Crippen LogP contribution in [-0.2, 0) is 20.7 Å². The van der Waals surface area contributed by atoms with Gasteiger partial charge < -0.3 is 9.47 Å². The number of anilines is 1. The van der Waals surface area contributed by atoms with Crippen molar-refractivity contribution in [2.24, 2.45) is 0 Å². The van der Waals surface area contributed by atoms with E-state index in [1.165, 1.54) is 4.90 Å². The van der Waals surface area contributed by atoms with Crippen LogP contribution in [-0.4, -0.2) is 36.1 Å². The predicted molar refractivity (Wildman–Crippen MR) is 112 cm³/mol. The molecule has 0 aliphatic carbocycles. The van der Waals surface area contributed by atoms with Crippen LogP contribution in [0.2, 0.25) is 0 Å². The zero-order valence-corrected chi connectivity index (χ0v) is 18.1. The quantitative estimate of drug-likeness (QED) is 0.495. The lowest BCUT2D eigenvalue weighted by molar-refractivity contribution is -0.144. The van der Waals surface area contributed by atoms with Crippen molar-refractivity contribution in [3.05, 3.63) is 64.1 Å². The van der Waals surface area contributed by atoms with Crippen molar-refractivity contribution < 1.29 is 23.9 Å². The third kappa shape index (κ3) is 5.03. The van der Waals surface area contributed by atoms with Crippen LogP contribution in [0.4, 0.5) is 10.5 Å². The van der Waals surface area contributed by atoms with Crippen LogP contribution >= 0.6 is 15.9 Å². The number of nitrogens with zero attached hydrogens (tertiary/aromatic N) is 1. The third-order valence-electron chi connectivity index (χ3n) is 4.35. The Morgan fingerprint density at radius 3 is 2.38 bits per heavy atom. The van der Waals surface area contributed by atoms with Gasteiger partial charge in [-0.25, -0.2) is 9.59 Å². The zero-order chi connectivity index (χ0) is 21.2. The monoisotopic (exact) mass is 459 g/mol. The number of Topliss-reactive ketones (excluding diaryl/α,β-unsaturated/α-hetero) is 1. The molecule has 152 valence electrons. The van der Waals surface area contributed by atoms with E-state index in [2.05, 4.69) is 15.9 Å². The summed E-state index contributed by atoms with van der Waals surface area (Å²) in [6, 6.07) is 13.2. The lowest BCUT2D eigenvalue weighted by Gasteiger charge is -2.28. The number of hydrogen-bond donors (Lipinski definition) is 0. The smallest absolute Gasteiger partial charge is 0.415 e. The highest BCUT2D eigenvalue weighted by atomic mass is 79.9. The molecule has 0 radical (unpaired) electrons. The number of ketones is 1. The van der Waals surface area contributed by atoms with E-state index < -0.39 is 30.3 Å². The Balaban J connectivity index is 1.73. The Hall–Kier alpha value is -2.67. The number of ether oxygens (including phenoxy) is 2. The molecular weight excluding hydrogens is 438 g/mol. The van der Waals surface area contributed by atoms with Crippen molar-refractivity contribution >= 4 is 39.5 Å². The fraction of sp³-hybridized carbons (Fsp3) is 0.318. The van der Waals surface area contributed by atoms with E-state index in [1.807, 2.05) is 12.1 Å². The SMILES string of the molecule is CC(C)(C)OC(=O)N1c2ccccc2CC1C(=O)OCC(=O)c1ccc(Br)cc1. The fourth-order valence-corrected chi connectivity index (χ4v) is 3.33. The number of carbonyl (C=O) groups is 3. The molecule has 0 spiro atoms. The lowest BCUT2D eigenvalue weighted by atomic mass is 10.1. The van der Waals surface area contributed by atoms with Gasteiger partial charge >= 0.3 is 12.1 Å². The number of amides is 1. The summed E-state index contributed by atoms with van der Waals surface area (Å²) < 4.78 is 11.6. The number of fused-ring (bicyclic) bond motifs is 1. The molecule has 1 unspecified atom stereocenters. The van der Waals surface area contributed by atoms with Crippen molar-refractivity contribution in [1.29, 1.82) is 0 Å². The van der Waals surface area contributed by atoms with Gasteiger partial charge in [0.15, 0.2) is 12.4 Å². The summed E-state index contributed by atoms with van der Waals surface area (Å²) in [4.78, 5) is 39.1. The number of rotatable bonds is 4. The maximum absolute atomic E-state index is 12.8. The molecule has 0 saturated carbocycles. The number of para-hydroxylation sites is 1. The normalized spacial score (nSPS) is 15.6. The Kier molecular flexibility index (Phi) is 6.07. The second kappa shape index (κ2) is 8.37. The highest BCUT2D eigenvalue weighted by Gasteiger charge is 2.41. The van der Waals surface area contributed by atoms with Crippen molar-refractivity contribution in [3.8, 4) is 0 Å². The molecule has 29 heavy (non-hydrogen) atoms. The van der Waals surface area contributed by atoms with Gasteiger partial charge in [-0.3, -0.25) is 9.69 Å². The number of halogens is 1. The molecule has 2 aromatic rings. The highest BCUT2D eigenvalue weighted by molar-refractivity contribution is 9.10. The van der Waals surface area contributed by atoms with Gasteiger partial charge in [0.25, 0.3) is 0 Å². The molecule has 0 saturated heterocycles. The first-order valence-electron chi connectivity index (χ1n) is 9.21. The molecule has 0 bridgehead atoms. The Labute approximate surface area is 177 Å². The average molecular weight is 460 g/mol.